The van der Waals surface area contributed by atoms with Crippen molar-refractivity contribution in [1.29, 1.82) is 0 Å². The number of carbonyl (C=O) groups is 1. The predicted octanol–water partition coefficient (Wildman–Crippen LogP) is 0.0242. The fraction of sp³-hybridized carbons (Fsp3) is 0.556. The first-order valence-corrected chi connectivity index (χ1v) is 4.71. The number of nitrogens with zero attached hydrogens (tertiary/aromatic N) is 2. The fourth-order valence-electron chi connectivity index (χ4n) is 1.79. The molecule has 0 spiro atoms. The van der Waals surface area contributed by atoms with Gasteiger partial charge in [-0.2, -0.15) is 5.10 Å². The van der Waals surface area contributed by atoms with E-state index in [9.17, 15) is 4.79 Å². The van der Waals surface area contributed by atoms with Crippen LogP contribution in [-0.4, -0.2) is 22.2 Å². The van der Waals surface area contributed by atoms with Crippen molar-refractivity contribution in [3.63, 3.8) is 0 Å². The van der Waals surface area contributed by atoms with Crippen LogP contribution in [0.4, 0.5) is 5.82 Å². The van der Waals surface area contributed by atoms with Crippen LogP contribution in [0.2, 0.25) is 0 Å². The number of carbonyl (C=O) groups excluding carboxylic acids is 1. The number of fused-ring (bicyclic) bond motifs is 1. The summed E-state index contributed by atoms with van der Waals surface area (Å²) >= 11 is 0. The van der Waals surface area contributed by atoms with Gasteiger partial charge >= 0.3 is 0 Å². The first-order chi connectivity index (χ1) is 6.68. The third kappa shape index (κ3) is 1.50. The van der Waals surface area contributed by atoms with Crippen molar-refractivity contribution >= 4 is 11.7 Å². The molecule has 1 aliphatic rings. The molecular formula is C9H14N4O. The van der Waals surface area contributed by atoms with Crippen molar-refractivity contribution in [2.24, 2.45) is 7.05 Å². The predicted molar refractivity (Wildman–Crippen MR) is 52.9 cm³/mol. The largest absolute Gasteiger partial charge is 0.312 e. The molecule has 1 amide bonds. The van der Waals surface area contributed by atoms with Gasteiger partial charge in [-0.05, 0) is 0 Å². The highest BCUT2D eigenvalue weighted by Crippen LogP contribution is 2.21. The van der Waals surface area contributed by atoms with Crippen LogP contribution in [-0.2, 0) is 24.8 Å². The molecule has 0 aliphatic carbocycles. The van der Waals surface area contributed by atoms with Crippen LogP contribution in [0.3, 0.4) is 0 Å². The summed E-state index contributed by atoms with van der Waals surface area (Å²) in [4.78, 5) is 10.9. The van der Waals surface area contributed by atoms with Gasteiger partial charge in [-0.1, -0.05) is 0 Å². The molecule has 14 heavy (non-hydrogen) atoms. The van der Waals surface area contributed by atoms with Crippen LogP contribution in [0.15, 0.2) is 0 Å². The van der Waals surface area contributed by atoms with Gasteiger partial charge in [0.05, 0.1) is 0 Å². The van der Waals surface area contributed by atoms with Crippen LogP contribution in [0.5, 0.6) is 0 Å². The molecule has 0 saturated heterocycles. The lowest BCUT2D eigenvalue weighted by atomic mass is 10.1. The van der Waals surface area contributed by atoms with Crippen LogP contribution >= 0.6 is 0 Å². The molecule has 2 heterocycles. The maximum atomic E-state index is 10.9. The molecule has 1 aromatic heterocycles. The first-order valence-electron chi connectivity index (χ1n) is 4.71. The Balaban J connectivity index is 2.36. The number of hydrogen-bond acceptors (Lipinski definition) is 3. The fourth-order valence-corrected chi connectivity index (χ4v) is 1.79. The Labute approximate surface area is 82.5 Å². The van der Waals surface area contributed by atoms with Crippen molar-refractivity contribution in [2.45, 2.75) is 19.9 Å². The van der Waals surface area contributed by atoms with Gasteiger partial charge in [0.1, 0.15) is 0 Å². The molecule has 0 unspecified atom stereocenters. The minimum absolute atomic E-state index is 0.0727. The third-order valence-electron chi connectivity index (χ3n) is 2.41. The maximum absolute atomic E-state index is 10.9. The summed E-state index contributed by atoms with van der Waals surface area (Å²) < 4.78 is 1.85. The van der Waals surface area contributed by atoms with Gasteiger partial charge in [-0.3, -0.25) is 9.48 Å². The number of aryl methyl sites for hydroxylation is 1. The van der Waals surface area contributed by atoms with Crippen molar-refractivity contribution in [3.8, 4) is 0 Å². The number of anilines is 1. The summed E-state index contributed by atoms with van der Waals surface area (Å²) in [5.41, 5.74) is 2.33. The Kier molecular flexibility index (Phi) is 2.25. The molecule has 0 bridgehead atoms. The Morgan fingerprint density at radius 3 is 3.14 bits per heavy atom. The molecule has 0 aromatic carbocycles. The molecule has 0 radical (unpaired) electrons. The van der Waals surface area contributed by atoms with Crippen LogP contribution < -0.4 is 10.6 Å². The Morgan fingerprint density at radius 2 is 2.43 bits per heavy atom. The van der Waals surface area contributed by atoms with Gasteiger partial charge in [-0.15, -0.1) is 0 Å². The van der Waals surface area contributed by atoms with Gasteiger partial charge in [0.2, 0.25) is 5.91 Å². The monoisotopic (exact) mass is 194 g/mol. The quantitative estimate of drug-likeness (QED) is 0.663. The molecule has 0 fully saturated rings. The van der Waals surface area contributed by atoms with E-state index in [1.807, 2.05) is 11.7 Å². The summed E-state index contributed by atoms with van der Waals surface area (Å²) in [6.07, 6.45) is 0.971. The Morgan fingerprint density at radius 1 is 1.64 bits per heavy atom. The molecular weight excluding hydrogens is 180 g/mol. The standard InChI is InChI=1S/C9H14N4O/c1-6(14)11-9-7-5-10-4-3-8(7)13(2)12-9/h10H,3-5H2,1-2H3,(H,11,12,14). The zero-order valence-electron chi connectivity index (χ0n) is 8.42. The second-order valence-corrected chi connectivity index (χ2v) is 3.51. The minimum Gasteiger partial charge on any atom is -0.312 e. The van der Waals surface area contributed by atoms with Crippen molar-refractivity contribution in [3.05, 3.63) is 11.3 Å². The highest BCUT2D eigenvalue weighted by molar-refractivity contribution is 5.88. The maximum Gasteiger partial charge on any atom is 0.222 e. The van der Waals surface area contributed by atoms with E-state index in [0.29, 0.717) is 5.82 Å². The van der Waals surface area contributed by atoms with Crippen LogP contribution in [0.1, 0.15) is 18.2 Å². The van der Waals surface area contributed by atoms with E-state index in [1.54, 1.807) is 0 Å². The zero-order valence-corrected chi connectivity index (χ0v) is 8.42. The lowest BCUT2D eigenvalue weighted by molar-refractivity contribution is -0.114. The molecule has 2 rings (SSSR count). The Hall–Kier alpha value is -1.36. The molecule has 0 saturated carbocycles. The number of aromatic nitrogens is 2. The zero-order chi connectivity index (χ0) is 10.1. The highest BCUT2D eigenvalue weighted by atomic mass is 16.1. The second-order valence-electron chi connectivity index (χ2n) is 3.51. The normalized spacial score (nSPS) is 15.0. The van der Waals surface area contributed by atoms with Crippen LogP contribution in [0, 0.1) is 0 Å². The Bertz CT molecular complexity index is 369. The van der Waals surface area contributed by atoms with E-state index in [1.165, 1.54) is 12.6 Å². The van der Waals surface area contributed by atoms with Crippen LogP contribution in [0.25, 0.3) is 0 Å². The summed E-state index contributed by atoms with van der Waals surface area (Å²) in [7, 11) is 1.91. The molecule has 1 aromatic rings. The SMILES string of the molecule is CC(=O)Nc1nn(C)c2c1CNCC2. The van der Waals surface area contributed by atoms with Gasteiger partial charge < -0.3 is 10.6 Å². The van der Waals surface area contributed by atoms with Gasteiger partial charge in [-0.25, -0.2) is 0 Å². The second kappa shape index (κ2) is 3.42. The number of amides is 1. The molecule has 5 heteroatoms. The summed E-state index contributed by atoms with van der Waals surface area (Å²) in [6.45, 7) is 3.27. The van der Waals surface area contributed by atoms with Crippen molar-refractivity contribution in [2.75, 3.05) is 11.9 Å². The number of hydrogen-bond donors (Lipinski definition) is 2. The average molecular weight is 194 g/mol. The third-order valence-corrected chi connectivity index (χ3v) is 2.41. The van der Waals surface area contributed by atoms with Crippen molar-refractivity contribution < 1.29 is 4.79 Å². The highest BCUT2D eigenvalue weighted by Gasteiger charge is 2.19. The molecule has 2 N–H and O–H groups in total. The van der Waals surface area contributed by atoms with Gasteiger partial charge in [0.25, 0.3) is 0 Å². The van der Waals surface area contributed by atoms with Gasteiger partial charge in [0.15, 0.2) is 5.82 Å². The average Bonchev–Trinajstić information content (AvgIpc) is 2.44. The van der Waals surface area contributed by atoms with E-state index < -0.39 is 0 Å². The lowest BCUT2D eigenvalue weighted by Crippen LogP contribution is -2.24. The summed E-state index contributed by atoms with van der Waals surface area (Å²) in [5, 5.41) is 10.3. The van der Waals surface area contributed by atoms with Crippen molar-refractivity contribution in [1.82, 2.24) is 15.1 Å². The first kappa shape index (κ1) is 9.21. The van der Waals surface area contributed by atoms with E-state index in [-0.39, 0.29) is 5.91 Å². The molecule has 0 atom stereocenters. The molecule has 1 aliphatic heterocycles. The summed E-state index contributed by atoms with van der Waals surface area (Å²) in [6, 6.07) is 0. The topological polar surface area (TPSA) is 59.0 Å². The van der Waals surface area contributed by atoms with E-state index in [0.717, 1.165) is 25.1 Å². The smallest absolute Gasteiger partial charge is 0.222 e. The molecule has 76 valence electrons. The summed E-state index contributed by atoms with van der Waals surface area (Å²) in [5.74, 6) is 0.624. The number of nitrogens with one attached hydrogen (secondary N) is 2. The van der Waals surface area contributed by atoms with E-state index >= 15 is 0 Å². The minimum atomic E-state index is -0.0727. The van der Waals surface area contributed by atoms with E-state index in [2.05, 4.69) is 15.7 Å². The van der Waals surface area contributed by atoms with Gasteiger partial charge in [0, 0.05) is 44.7 Å². The van der Waals surface area contributed by atoms with E-state index in [4.69, 9.17) is 0 Å². The lowest BCUT2D eigenvalue weighted by Gasteiger charge is -2.13. The molecule has 5 nitrogen and oxygen atoms in total. The number of rotatable bonds is 1.